The predicted octanol–water partition coefficient (Wildman–Crippen LogP) is 2.17. The molecule has 1 N–H and O–H groups in total. The lowest BCUT2D eigenvalue weighted by atomic mass is 10.3. The molecule has 0 saturated heterocycles. The molecule has 3 aromatic heterocycles. The van der Waals surface area contributed by atoms with Gasteiger partial charge in [0.25, 0.3) is 0 Å². The molecule has 0 bridgehead atoms. The summed E-state index contributed by atoms with van der Waals surface area (Å²) >= 11 is 1.49. The van der Waals surface area contributed by atoms with Crippen LogP contribution in [-0.2, 0) is 23.5 Å². The van der Waals surface area contributed by atoms with Gasteiger partial charge in [0.05, 0.1) is 16.1 Å². The van der Waals surface area contributed by atoms with Crippen LogP contribution in [0, 0.1) is 0 Å². The van der Waals surface area contributed by atoms with Crippen LogP contribution in [0.2, 0.25) is 0 Å². The second-order valence-corrected chi connectivity index (χ2v) is 8.72. The van der Waals surface area contributed by atoms with Crippen LogP contribution in [0.1, 0.15) is 5.69 Å². The van der Waals surface area contributed by atoms with Crippen molar-refractivity contribution in [3.63, 3.8) is 0 Å². The second kappa shape index (κ2) is 7.30. The molecule has 0 aliphatic rings. The Hall–Kier alpha value is -2.82. The SMILES string of the molecule is Cn1c(=O)oc2cc(S(=O)(=O)NCCc3csc(-c4cccnc4)n3)ccc21. The van der Waals surface area contributed by atoms with Crippen molar-refractivity contribution < 1.29 is 12.8 Å². The fourth-order valence-electron chi connectivity index (χ4n) is 2.72. The number of rotatable bonds is 6. The van der Waals surface area contributed by atoms with E-state index in [4.69, 9.17) is 4.42 Å². The quantitative estimate of drug-likeness (QED) is 0.516. The van der Waals surface area contributed by atoms with Crippen molar-refractivity contribution in [2.24, 2.45) is 7.05 Å². The lowest BCUT2D eigenvalue weighted by Crippen LogP contribution is -2.26. The Morgan fingerprint density at radius 3 is 2.93 bits per heavy atom. The molecular formula is C18H16N4O4S2. The summed E-state index contributed by atoms with van der Waals surface area (Å²) in [6, 6.07) is 8.12. The molecule has 4 aromatic rings. The van der Waals surface area contributed by atoms with Crippen molar-refractivity contribution in [2.75, 3.05) is 6.54 Å². The second-order valence-electron chi connectivity index (χ2n) is 6.09. The van der Waals surface area contributed by atoms with E-state index < -0.39 is 15.8 Å². The van der Waals surface area contributed by atoms with Gasteiger partial charge in [-0.2, -0.15) is 0 Å². The number of oxazole rings is 1. The average Bonchev–Trinajstić information content (AvgIpc) is 3.27. The van der Waals surface area contributed by atoms with Crippen molar-refractivity contribution in [3.8, 4) is 10.6 Å². The lowest BCUT2D eigenvalue weighted by molar-refractivity contribution is 0.527. The predicted molar refractivity (Wildman–Crippen MR) is 106 cm³/mol. The Labute approximate surface area is 164 Å². The maximum Gasteiger partial charge on any atom is 0.419 e. The van der Waals surface area contributed by atoms with E-state index in [0.717, 1.165) is 16.3 Å². The van der Waals surface area contributed by atoms with Gasteiger partial charge in [0.1, 0.15) is 5.01 Å². The van der Waals surface area contributed by atoms with Gasteiger partial charge in [0.15, 0.2) is 5.58 Å². The van der Waals surface area contributed by atoms with Gasteiger partial charge in [0.2, 0.25) is 10.0 Å². The van der Waals surface area contributed by atoms with Crippen LogP contribution >= 0.6 is 11.3 Å². The van der Waals surface area contributed by atoms with Crippen LogP contribution in [0.25, 0.3) is 21.7 Å². The summed E-state index contributed by atoms with van der Waals surface area (Å²) in [6.45, 7) is 0.204. The van der Waals surface area contributed by atoms with E-state index in [1.165, 1.54) is 28.0 Å². The highest BCUT2D eigenvalue weighted by Gasteiger charge is 2.17. The average molecular weight is 416 g/mol. The number of aromatic nitrogens is 3. The van der Waals surface area contributed by atoms with Crippen molar-refractivity contribution >= 4 is 32.5 Å². The highest BCUT2D eigenvalue weighted by Crippen LogP contribution is 2.23. The van der Waals surface area contributed by atoms with Gasteiger partial charge < -0.3 is 4.42 Å². The number of nitrogens with zero attached hydrogens (tertiary/aromatic N) is 3. The number of benzene rings is 1. The molecule has 0 fully saturated rings. The van der Waals surface area contributed by atoms with Crippen LogP contribution in [0.5, 0.6) is 0 Å². The summed E-state index contributed by atoms with van der Waals surface area (Å²) in [5, 5.41) is 2.75. The first-order valence-corrected chi connectivity index (χ1v) is 10.7. The molecule has 3 heterocycles. The summed E-state index contributed by atoms with van der Waals surface area (Å²) in [6.07, 6.45) is 3.90. The zero-order chi connectivity index (χ0) is 19.7. The monoisotopic (exact) mass is 416 g/mol. The number of pyridine rings is 1. The summed E-state index contributed by atoms with van der Waals surface area (Å²) in [4.78, 5) is 20.2. The Morgan fingerprint density at radius 2 is 2.14 bits per heavy atom. The van der Waals surface area contributed by atoms with E-state index in [1.807, 2.05) is 17.5 Å². The molecule has 0 amide bonds. The minimum absolute atomic E-state index is 0.0451. The Kier molecular flexibility index (Phi) is 4.84. The third-order valence-electron chi connectivity index (χ3n) is 4.21. The molecule has 8 nitrogen and oxygen atoms in total. The Morgan fingerprint density at radius 1 is 1.29 bits per heavy atom. The third kappa shape index (κ3) is 3.61. The first-order chi connectivity index (χ1) is 13.4. The normalized spacial score (nSPS) is 11.9. The lowest BCUT2D eigenvalue weighted by Gasteiger charge is -2.06. The van der Waals surface area contributed by atoms with Crippen LogP contribution < -0.4 is 10.5 Å². The summed E-state index contributed by atoms with van der Waals surface area (Å²) in [7, 11) is -2.16. The van der Waals surface area contributed by atoms with E-state index >= 15 is 0 Å². The minimum atomic E-state index is -3.73. The van der Waals surface area contributed by atoms with Crippen molar-refractivity contribution in [1.82, 2.24) is 19.3 Å². The van der Waals surface area contributed by atoms with Crippen molar-refractivity contribution in [1.29, 1.82) is 0 Å². The van der Waals surface area contributed by atoms with Crippen molar-refractivity contribution in [3.05, 3.63) is 64.4 Å². The maximum absolute atomic E-state index is 12.5. The van der Waals surface area contributed by atoms with E-state index in [9.17, 15) is 13.2 Å². The topological polar surface area (TPSA) is 107 Å². The van der Waals surface area contributed by atoms with Crippen LogP contribution in [-0.4, -0.2) is 29.5 Å². The number of aryl methyl sites for hydroxylation is 1. The zero-order valence-electron chi connectivity index (χ0n) is 14.8. The summed E-state index contributed by atoms with van der Waals surface area (Å²) in [5.74, 6) is -0.537. The molecule has 0 radical (unpaired) electrons. The summed E-state index contributed by atoms with van der Waals surface area (Å²) < 4.78 is 34.0. The first kappa shape index (κ1) is 18.5. The largest absolute Gasteiger partial charge is 0.419 e. The van der Waals surface area contributed by atoms with Gasteiger partial charge in [-0.1, -0.05) is 0 Å². The van der Waals surface area contributed by atoms with E-state index in [-0.39, 0.29) is 17.0 Å². The molecular weight excluding hydrogens is 400 g/mol. The Balaban J connectivity index is 1.44. The highest BCUT2D eigenvalue weighted by molar-refractivity contribution is 7.89. The fraction of sp³-hybridized carbons (Fsp3) is 0.167. The van der Waals surface area contributed by atoms with Gasteiger partial charge in [-0.3, -0.25) is 9.55 Å². The molecule has 0 unspecified atom stereocenters. The molecule has 0 aliphatic carbocycles. The molecule has 0 aliphatic heterocycles. The number of hydrogen-bond acceptors (Lipinski definition) is 7. The van der Waals surface area contributed by atoms with Crippen LogP contribution in [0.4, 0.5) is 0 Å². The van der Waals surface area contributed by atoms with Gasteiger partial charge in [-0.05, 0) is 24.3 Å². The standard InChI is InChI=1S/C18H16N4O4S2/c1-22-15-5-4-14(9-16(15)26-18(22)23)28(24,25)20-8-6-13-11-27-17(21-13)12-3-2-7-19-10-12/h2-5,7,9-11,20H,6,8H2,1H3. The van der Waals surface area contributed by atoms with Gasteiger partial charge in [-0.25, -0.2) is 22.9 Å². The number of fused-ring (bicyclic) bond motifs is 1. The number of thiazole rings is 1. The molecule has 0 atom stereocenters. The Bertz CT molecular complexity index is 1290. The maximum atomic E-state index is 12.5. The number of sulfonamides is 1. The van der Waals surface area contributed by atoms with E-state index in [0.29, 0.717) is 11.9 Å². The molecule has 0 saturated carbocycles. The minimum Gasteiger partial charge on any atom is -0.408 e. The van der Waals surface area contributed by atoms with Crippen LogP contribution in [0.15, 0.2) is 62.2 Å². The van der Waals surface area contributed by atoms with Gasteiger partial charge in [0, 0.05) is 49.4 Å². The highest BCUT2D eigenvalue weighted by atomic mass is 32.2. The molecule has 0 spiro atoms. The van der Waals surface area contributed by atoms with Crippen LogP contribution in [0.3, 0.4) is 0 Å². The number of hydrogen-bond donors (Lipinski definition) is 1. The molecule has 28 heavy (non-hydrogen) atoms. The summed E-state index contributed by atoms with van der Waals surface area (Å²) in [5.41, 5.74) is 2.50. The molecule has 10 heteroatoms. The molecule has 1 aromatic carbocycles. The van der Waals surface area contributed by atoms with Gasteiger partial charge >= 0.3 is 5.76 Å². The van der Waals surface area contributed by atoms with E-state index in [1.54, 1.807) is 25.5 Å². The van der Waals surface area contributed by atoms with E-state index in [2.05, 4.69) is 14.7 Å². The third-order valence-corrected chi connectivity index (χ3v) is 6.61. The van der Waals surface area contributed by atoms with Crippen molar-refractivity contribution in [2.45, 2.75) is 11.3 Å². The molecule has 4 rings (SSSR count). The smallest absolute Gasteiger partial charge is 0.408 e. The number of nitrogens with one attached hydrogen (secondary N) is 1. The fourth-order valence-corrected chi connectivity index (χ4v) is 4.61. The zero-order valence-corrected chi connectivity index (χ0v) is 16.5. The first-order valence-electron chi connectivity index (χ1n) is 8.38. The molecule has 144 valence electrons. The van der Waals surface area contributed by atoms with Gasteiger partial charge in [-0.15, -0.1) is 11.3 Å².